The lowest BCUT2D eigenvalue weighted by molar-refractivity contribution is -0.143. The Morgan fingerprint density at radius 3 is 2.67 bits per heavy atom. The molecule has 1 aliphatic carbocycles. The van der Waals surface area contributed by atoms with Gasteiger partial charge in [-0.05, 0) is 18.4 Å². The molecule has 1 aromatic carbocycles. The molecule has 0 bridgehead atoms. The molecule has 0 spiro atoms. The molecule has 0 radical (unpaired) electrons. The van der Waals surface area contributed by atoms with Crippen LogP contribution in [0.25, 0.3) is 0 Å². The maximum atomic E-state index is 12.1. The lowest BCUT2D eigenvalue weighted by atomic mass is 9.94. The first-order valence-corrected chi connectivity index (χ1v) is 7.54. The van der Waals surface area contributed by atoms with E-state index in [2.05, 4.69) is 11.4 Å². The number of nitriles is 1. The van der Waals surface area contributed by atoms with Crippen LogP contribution in [0.5, 0.6) is 0 Å². The van der Waals surface area contributed by atoms with Crippen molar-refractivity contribution in [3.63, 3.8) is 0 Å². The Labute approximate surface area is 126 Å². The van der Waals surface area contributed by atoms with Crippen LogP contribution < -0.4 is 5.32 Å². The van der Waals surface area contributed by atoms with Gasteiger partial charge in [-0.3, -0.25) is 5.32 Å². The summed E-state index contributed by atoms with van der Waals surface area (Å²) >= 11 is 0. The van der Waals surface area contributed by atoms with Gasteiger partial charge in [0.15, 0.2) is 0 Å². The summed E-state index contributed by atoms with van der Waals surface area (Å²) in [5.74, 6) is -0.342. The number of nitrogens with zero attached hydrogens (tertiary/aromatic N) is 1. The first-order valence-electron chi connectivity index (χ1n) is 7.54. The Hall–Kier alpha value is -1.86. The molecule has 112 valence electrons. The van der Waals surface area contributed by atoms with E-state index in [-0.39, 0.29) is 17.9 Å². The smallest absolute Gasteiger partial charge is 0.327 e. The predicted molar refractivity (Wildman–Crippen MR) is 80.3 cm³/mol. The van der Waals surface area contributed by atoms with E-state index in [4.69, 9.17) is 4.74 Å². The topological polar surface area (TPSA) is 62.1 Å². The minimum Gasteiger partial charge on any atom is -0.468 e. The quantitative estimate of drug-likeness (QED) is 0.683. The molecule has 0 saturated heterocycles. The summed E-state index contributed by atoms with van der Waals surface area (Å²) in [6.45, 7) is 0. The average molecular weight is 286 g/mol. The molecule has 3 atom stereocenters. The molecule has 0 aromatic heterocycles. The second-order valence-corrected chi connectivity index (χ2v) is 5.51. The second-order valence-electron chi connectivity index (χ2n) is 5.51. The highest BCUT2D eigenvalue weighted by Crippen LogP contribution is 2.26. The summed E-state index contributed by atoms with van der Waals surface area (Å²) in [7, 11) is 1.40. The third-order valence-corrected chi connectivity index (χ3v) is 4.13. The molecule has 1 N–H and O–H groups in total. The van der Waals surface area contributed by atoms with Gasteiger partial charge in [0.1, 0.15) is 6.04 Å². The van der Waals surface area contributed by atoms with Crippen LogP contribution in [0, 0.1) is 17.2 Å². The number of methoxy groups -OCH3 is 1. The summed E-state index contributed by atoms with van der Waals surface area (Å²) in [5.41, 5.74) is 0.880. The first-order chi connectivity index (χ1) is 10.3. The summed E-state index contributed by atoms with van der Waals surface area (Å²) in [6, 6.07) is 11.5. The normalized spacial score (nSPS) is 23.6. The molecule has 2 rings (SSSR count). The predicted octanol–water partition coefficient (Wildman–Crippen LogP) is 2.96. The molecular weight excluding hydrogens is 264 g/mol. The number of hydrogen-bond acceptors (Lipinski definition) is 4. The SMILES string of the molecule is COC(=O)C(NC1CCCCCC1C#N)c1ccccc1. The van der Waals surface area contributed by atoms with Gasteiger partial charge >= 0.3 is 5.97 Å². The molecule has 3 unspecified atom stereocenters. The van der Waals surface area contributed by atoms with Gasteiger partial charge in [-0.1, -0.05) is 49.6 Å². The minimum absolute atomic E-state index is 0.0385. The maximum Gasteiger partial charge on any atom is 0.327 e. The zero-order valence-corrected chi connectivity index (χ0v) is 12.4. The van der Waals surface area contributed by atoms with E-state index in [9.17, 15) is 10.1 Å². The zero-order valence-electron chi connectivity index (χ0n) is 12.4. The Balaban J connectivity index is 2.18. The molecule has 4 heteroatoms. The van der Waals surface area contributed by atoms with Crippen molar-refractivity contribution in [3.8, 4) is 6.07 Å². The van der Waals surface area contributed by atoms with Crippen molar-refractivity contribution in [3.05, 3.63) is 35.9 Å². The van der Waals surface area contributed by atoms with Crippen LogP contribution in [0.2, 0.25) is 0 Å². The van der Waals surface area contributed by atoms with Gasteiger partial charge in [0.25, 0.3) is 0 Å². The van der Waals surface area contributed by atoms with Crippen LogP contribution in [0.1, 0.15) is 43.7 Å². The monoisotopic (exact) mass is 286 g/mol. The van der Waals surface area contributed by atoms with Crippen molar-refractivity contribution in [2.45, 2.75) is 44.2 Å². The third kappa shape index (κ3) is 4.05. The zero-order chi connectivity index (χ0) is 15.1. The van der Waals surface area contributed by atoms with Crippen molar-refractivity contribution in [2.24, 2.45) is 5.92 Å². The number of esters is 1. The Bertz CT molecular complexity index is 495. The Kier molecular flexibility index (Phi) is 5.77. The van der Waals surface area contributed by atoms with Crippen molar-refractivity contribution in [1.82, 2.24) is 5.32 Å². The van der Waals surface area contributed by atoms with Crippen LogP contribution in [-0.2, 0) is 9.53 Å². The van der Waals surface area contributed by atoms with E-state index in [1.807, 2.05) is 30.3 Å². The van der Waals surface area contributed by atoms with Gasteiger partial charge in [-0.25, -0.2) is 4.79 Å². The van der Waals surface area contributed by atoms with Crippen LogP contribution in [-0.4, -0.2) is 19.1 Å². The van der Waals surface area contributed by atoms with E-state index in [1.165, 1.54) is 7.11 Å². The van der Waals surface area contributed by atoms with Gasteiger partial charge in [0.05, 0.1) is 19.1 Å². The molecule has 21 heavy (non-hydrogen) atoms. The van der Waals surface area contributed by atoms with Crippen molar-refractivity contribution in [2.75, 3.05) is 7.11 Å². The molecule has 0 heterocycles. The first kappa shape index (κ1) is 15.5. The van der Waals surface area contributed by atoms with Crippen LogP contribution in [0.3, 0.4) is 0 Å². The lowest BCUT2D eigenvalue weighted by Crippen LogP contribution is -2.41. The van der Waals surface area contributed by atoms with Gasteiger partial charge in [-0.2, -0.15) is 5.26 Å². The Morgan fingerprint density at radius 2 is 2.00 bits per heavy atom. The van der Waals surface area contributed by atoms with Crippen LogP contribution in [0.4, 0.5) is 0 Å². The number of rotatable bonds is 4. The number of hydrogen-bond donors (Lipinski definition) is 1. The molecule has 1 aliphatic rings. The maximum absolute atomic E-state index is 12.1. The minimum atomic E-state index is -0.504. The van der Waals surface area contributed by atoms with E-state index < -0.39 is 6.04 Å². The number of carbonyl (C=O) groups excluding carboxylic acids is 1. The van der Waals surface area contributed by atoms with Gasteiger partial charge in [0.2, 0.25) is 0 Å². The average Bonchev–Trinajstić information content (AvgIpc) is 2.77. The summed E-state index contributed by atoms with van der Waals surface area (Å²) in [4.78, 5) is 12.1. The summed E-state index contributed by atoms with van der Waals surface area (Å²) < 4.78 is 4.92. The highest BCUT2D eigenvalue weighted by molar-refractivity contribution is 5.77. The highest BCUT2D eigenvalue weighted by atomic mass is 16.5. The van der Waals surface area contributed by atoms with Gasteiger partial charge < -0.3 is 4.74 Å². The summed E-state index contributed by atoms with van der Waals surface area (Å²) in [5, 5.41) is 12.7. The molecule has 0 amide bonds. The highest BCUT2D eigenvalue weighted by Gasteiger charge is 2.29. The van der Waals surface area contributed by atoms with Crippen molar-refractivity contribution >= 4 is 5.97 Å². The molecule has 1 saturated carbocycles. The third-order valence-electron chi connectivity index (χ3n) is 4.13. The van der Waals surface area contributed by atoms with Crippen LogP contribution >= 0.6 is 0 Å². The van der Waals surface area contributed by atoms with Gasteiger partial charge in [0, 0.05) is 6.04 Å². The van der Waals surface area contributed by atoms with Crippen molar-refractivity contribution in [1.29, 1.82) is 5.26 Å². The fourth-order valence-corrected chi connectivity index (χ4v) is 2.94. The fraction of sp³-hybridized carbons (Fsp3) is 0.529. The van der Waals surface area contributed by atoms with Gasteiger partial charge in [-0.15, -0.1) is 0 Å². The number of nitrogens with one attached hydrogen (secondary N) is 1. The molecule has 4 nitrogen and oxygen atoms in total. The van der Waals surface area contributed by atoms with E-state index in [0.29, 0.717) is 0 Å². The Morgan fingerprint density at radius 1 is 1.29 bits per heavy atom. The van der Waals surface area contributed by atoms with Crippen molar-refractivity contribution < 1.29 is 9.53 Å². The van der Waals surface area contributed by atoms with Crippen LogP contribution in [0.15, 0.2) is 30.3 Å². The fourth-order valence-electron chi connectivity index (χ4n) is 2.94. The largest absolute Gasteiger partial charge is 0.468 e. The standard InChI is InChI=1S/C17H22N2O2/c1-21-17(20)16(13-8-4-2-5-9-13)19-15-11-7-3-6-10-14(15)12-18/h2,4-5,8-9,14-16,19H,3,6-7,10-11H2,1H3. The summed E-state index contributed by atoms with van der Waals surface area (Å²) in [6.07, 6.45) is 5.17. The number of benzene rings is 1. The molecule has 1 aromatic rings. The lowest BCUT2D eigenvalue weighted by Gasteiger charge is -2.26. The molecular formula is C17H22N2O2. The van der Waals surface area contributed by atoms with E-state index >= 15 is 0 Å². The second kappa shape index (κ2) is 7.80. The molecule has 0 aliphatic heterocycles. The number of ether oxygens (including phenoxy) is 1. The van der Waals surface area contributed by atoms with E-state index in [1.54, 1.807) is 0 Å². The van der Waals surface area contributed by atoms with E-state index in [0.717, 1.165) is 37.7 Å². The number of carbonyl (C=O) groups is 1. The molecule has 1 fully saturated rings.